The lowest BCUT2D eigenvalue weighted by atomic mass is 9.86. The Hall–Kier alpha value is -2.90. The Morgan fingerprint density at radius 2 is 2.07 bits per heavy atom. The van der Waals surface area contributed by atoms with Crippen LogP contribution in [0.4, 0.5) is 10.1 Å². The molecule has 6 nitrogen and oxygen atoms in total. The molecule has 3 rings (SSSR count). The zero-order valence-electron chi connectivity index (χ0n) is 15.7. The number of carbonyl (C=O) groups is 2. The molecule has 0 spiro atoms. The molecule has 0 unspecified atom stereocenters. The number of rotatable bonds is 6. The van der Waals surface area contributed by atoms with E-state index in [1.54, 1.807) is 31.2 Å². The molecule has 0 radical (unpaired) electrons. The van der Waals surface area contributed by atoms with Gasteiger partial charge in [0, 0.05) is 35.9 Å². The van der Waals surface area contributed by atoms with Gasteiger partial charge in [0.05, 0.1) is 11.6 Å². The molecule has 1 aliphatic rings. The van der Waals surface area contributed by atoms with E-state index < -0.39 is 17.6 Å². The van der Waals surface area contributed by atoms with Crippen molar-refractivity contribution >= 4 is 29.1 Å². The quantitative estimate of drug-likeness (QED) is 0.671. The first-order chi connectivity index (χ1) is 13.9. The van der Waals surface area contributed by atoms with Gasteiger partial charge < -0.3 is 20.5 Å². The molecule has 2 aromatic rings. The van der Waals surface area contributed by atoms with E-state index in [9.17, 15) is 14.0 Å². The van der Waals surface area contributed by atoms with Crippen LogP contribution in [-0.4, -0.2) is 30.1 Å². The second-order valence-corrected chi connectivity index (χ2v) is 7.01. The molecule has 0 fully saturated rings. The molecule has 2 amide bonds. The lowest BCUT2D eigenvalue weighted by Gasteiger charge is -2.24. The van der Waals surface area contributed by atoms with E-state index in [1.807, 2.05) is 0 Å². The number of halogens is 2. The van der Waals surface area contributed by atoms with Crippen LogP contribution in [0.25, 0.3) is 0 Å². The molecule has 152 valence electrons. The van der Waals surface area contributed by atoms with Gasteiger partial charge in [-0.3, -0.25) is 9.59 Å². The van der Waals surface area contributed by atoms with Gasteiger partial charge in [-0.2, -0.15) is 0 Å². The molecule has 1 atom stereocenters. The molecule has 1 heterocycles. The third kappa shape index (κ3) is 4.93. The number of amides is 2. The molecule has 0 saturated carbocycles. The predicted molar refractivity (Wildman–Crippen MR) is 107 cm³/mol. The summed E-state index contributed by atoms with van der Waals surface area (Å²) in [6.07, 6.45) is 1.46. The summed E-state index contributed by atoms with van der Waals surface area (Å²) in [5.41, 5.74) is 2.23. The van der Waals surface area contributed by atoms with Gasteiger partial charge in [0.15, 0.2) is 0 Å². The third-order valence-electron chi connectivity index (χ3n) is 4.56. The maximum absolute atomic E-state index is 13.3. The molecular weight excluding hydrogens is 399 g/mol. The molecule has 3 N–H and O–H groups in total. The molecule has 0 saturated heterocycles. The van der Waals surface area contributed by atoms with Crippen molar-refractivity contribution in [2.24, 2.45) is 0 Å². The molecule has 2 aromatic carbocycles. The lowest BCUT2D eigenvalue weighted by molar-refractivity contribution is -0.121. The number of nitrogens with one attached hydrogen (secondary N) is 2. The highest BCUT2D eigenvalue weighted by molar-refractivity contribution is 6.32. The number of hydrogen-bond acceptors (Lipinski definition) is 4. The van der Waals surface area contributed by atoms with Crippen LogP contribution in [0.2, 0.25) is 5.02 Å². The van der Waals surface area contributed by atoms with Gasteiger partial charge in [-0.25, -0.2) is 4.39 Å². The smallest absolute Gasteiger partial charge is 0.253 e. The van der Waals surface area contributed by atoms with Crippen molar-refractivity contribution in [3.8, 4) is 5.75 Å². The van der Waals surface area contributed by atoms with E-state index in [4.69, 9.17) is 21.4 Å². The first-order valence-electron chi connectivity index (χ1n) is 8.99. The largest absolute Gasteiger partial charge is 0.490 e. The standard InChI is InChI=1S/C21H20ClFN2O4/c1-12-8-17(22)19(29-7-6-26)10-18(12)25-21(28)16-11-24-20(27)9-15(16)13-2-4-14(23)5-3-13/h2-5,8,10-11,15,26H,6-7,9H2,1H3,(H,24,27)(H,25,28)/t15-/m1/s1. The summed E-state index contributed by atoms with van der Waals surface area (Å²) < 4.78 is 18.6. The lowest BCUT2D eigenvalue weighted by Crippen LogP contribution is -2.32. The van der Waals surface area contributed by atoms with Crippen molar-refractivity contribution in [3.05, 3.63) is 70.1 Å². The number of anilines is 1. The van der Waals surface area contributed by atoms with Crippen molar-refractivity contribution < 1.29 is 23.8 Å². The zero-order valence-corrected chi connectivity index (χ0v) is 16.4. The fraction of sp³-hybridized carbons (Fsp3) is 0.238. The predicted octanol–water partition coefficient (Wildman–Crippen LogP) is 3.28. The van der Waals surface area contributed by atoms with E-state index in [0.29, 0.717) is 27.6 Å². The van der Waals surface area contributed by atoms with Crippen LogP contribution in [-0.2, 0) is 9.59 Å². The topological polar surface area (TPSA) is 87.7 Å². The summed E-state index contributed by atoms with van der Waals surface area (Å²) in [5.74, 6) is -1.18. The first kappa shape index (κ1) is 20.8. The maximum Gasteiger partial charge on any atom is 0.253 e. The molecule has 29 heavy (non-hydrogen) atoms. The van der Waals surface area contributed by atoms with Crippen molar-refractivity contribution in [2.45, 2.75) is 19.3 Å². The number of aliphatic hydroxyl groups is 1. The summed E-state index contributed by atoms with van der Waals surface area (Å²) in [7, 11) is 0. The SMILES string of the molecule is Cc1cc(Cl)c(OCCO)cc1NC(=O)C1=CNC(=O)C[C@@H]1c1ccc(F)cc1. The summed E-state index contributed by atoms with van der Waals surface area (Å²) in [6.45, 7) is 1.68. The van der Waals surface area contributed by atoms with E-state index in [0.717, 1.165) is 5.56 Å². The van der Waals surface area contributed by atoms with Crippen LogP contribution in [0.15, 0.2) is 48.2 Å². The second-order valence-electron chi connectivity index (χ2n) is 6.60. The summed E-state index contributed by atoms with van der Waals surface area (Å²) >= 11 is 6.15. The zero-order chi connectivity index (χ0) is 21.0. The van der Waals surface area contributed by atoms with Gasteiger partial charge >= 0.3 is 0 Å². The van der Waals surface area contributed by atoms with Gasteiger partial charge in [-0.1, -0.05) is 23.7 Å². The summed E-state index contributed by atoms with van der Waals surface area (Å²) in [6, 6.07) is 8.96. The fourth-order valence-corrected chi connectivity index (χ4v) is 3.35. The van der Waals surface area contributed by atoms with E-state index in [1.165, 1.54) is 18.3 Å². The highest BCUT2D eigenvalue weighted by Gasteiger charge is 2.29. The first-order valence-corrected chi connectivity index (χ1v) is 9.37. The Morgan fingerprint density at radius 1 is 1.34 bits per heavy atom. The van der Waals surface area contributed by atoms with Crippen molar-refractivity contribution in [3.63, 3.8) is 0 Å². The van der Waals surface area contributed by atoms with Crippen molar-refractivity contribution in [1.82, 2.24) is 5.32 Å². The second kappa shape index (κ2) is 9.07. The third-order valence-corrected chi connectivity index (χ3v) is 4.86. The van der Waals surface area contributed by atoms with Crippen LogP contribution < -0.4 is 15.4 Å². The van der Waals surface area contributed by atoms with Crippen molar-refractivity contribution in [2.75, 3.05) is 18.5 Å². The van der Waals surface area contributed by atoms with E-state index >= 15 is 0 Å². The average Bonchev–Trinajstić information content (AvgIpc) is 2.69. The van der Waals surface area contributed by atoms with Gasteiger partial charge in [0.2, 0.25) is 5.91 Å². The van der Waals surface area contributed by atoms with Gasteiger partial charge in [-0.05, 0) is 36.2 Å². The van der Waals surface area contributed by atoms with Crippen LogP contribution in [0.5, 0.6) is 5.75 Å². The highest BCUT2D eigenvalue weighted by atomic mass is 35.5. The van der Waals surface area contributed by atoms with Crippen LogP contribution in [0, 0.1) is 12.7 Å². The maximum atomic E-state index is 13.3. The minimum atomic E-state index is -0.498. The average molecular weight is 419 g/mol. The fourth-order valence-electron chi connectivity index (χ4n) is 3.08. The van der Waals surface area contributed by atoms with Crippen LogP contribution in [0.1, 0.15) is 23.5 Å². The molecule has 0 bridgehead atoms. The Bertz CT molecular complexity index is 960. The molecule has 8 heteroatoms. The van der Waals surface area contributed by atoms with Gasteiger partial charge in [-0.15, -0.1) is 0 Å². The molecule has 0 aliphatic carbocycles. The monoisotopic (exact) mass is 418 g/mol. The minimum Gasteiger partial charge on any atom is -0.490 e. The van der Waals surface area contributed by atoms with Crippen LogP contribution >= 0.6 is 11.6 Å². The summed E-state index contributed by atoms with van der Waals surface area (Å²) in [5, 5.41) is 14.7. The Kier molecular flexibility index (Phi) is 6.51. The normalized spacial score (nSPS) is 16.1. The van der Waals surface area contributed by atoms with Gasteiger partial charge in [0.1, 0.15) is 18.2 Å². The number of aryl methyl sites for hydroxylation is 1. The van der Waals surface area contributed by atoms with Gasteiger partial charge in [0.25, 0.3) is 5.91 Å². The number of benzene rings is 2. The number of ether oxygens (including phenoxy) is 1. The Balaban J connectivity index is 1.86. The van der Waals surface area contributed by atoms with E-state index in [2.05, 4.69) is 10.6 Å². The molecular formula is C21H20ClFN2O4. The highest BCUT2D eigenvalue weighted by Crippen LogP contribution is 2.34. The Labute approximate surface area is 172 Å². The molecule has 0 aromatic heterocycles. The number of aliphatic hydroxyl groups excluding tert-OH is 1. The van der Waals surface area contributed by atoms with Crippen LogP contribution in [0.3, 0.4) is 0 Å². The van der Waals surface area contributed by atoms with Crippen molar-refractivity contribution in [1.29, 1.82) is 0 Å². The Morgan fingerprint density at radius 3 is 2.76 bits per heavy atom. The molecule has 1 aliphatic heterocycles. The minimum absolute atomic E-state index is 0.0694. The van der Waals surface area contributed by atoms with E-state index in [-0.39, 0.29) is 25.5 Å². The number of hydrogen-bond donors (Lipinski definition) is 3. The number of carbonyl (C=O) groups excluding carboxylic acids is 2. The summed E-state index contributed by atoms with van der Waals surface area (Å²) in [4.78, 5) is 24.8.